The van der Waals surface area contributed by atoms with Crippen LogP contribution in [0.3, 0.4) is 0 Å². The average molecular weight is 382 g/mol. The van der Waals surface area contributed by atoms with Crippen molar-refractivity contribution in [1.29, 1.82) is 0 Å². The van der Waals surface area contributed by atoms with Crippen molar-refractivity contribution >= 4 is 18.2 Å². The smallest absolute Gasteiger partial charge is 0.418 e. The molecule has 144 valence electrons. The first-order valence-corrected chi connectivity index (χ1v) is 7.25. The van der Waals surface area contributed by atoms with E-state index in [1.54, 1.807) is 7.05 Å². The largest absolute Gasteiger partial charge is 0.673 e. The van der Waals surface area contributed by atoms with Crippen LogP contribution in [0.1, 0.15) is 0 Å². The molecule has 1 aliphatic rings. The zero-order chi connectivity index (χ0) is 20.0. The molecule has 0 atom stereocenters. The fourth-order valence-corrected chi connectivity index (χ4v) is 2.06. The van der Waals surface area contributed by atoms with Crippen molar-refractivity contribution in [1.82, 2.24) is 14.8 Å². The fourth-order valence-electron chi connectivity index (χ4n) is 2.06. The Labute approximate surface area is 145 Å². The molecule has 1 aliphatic heterocycles. The van der Waals surface area contributed by atoms with Crippen LogP contribution >= 0.6 is 0 Å². The summed E-state index contributed by atoms with van der Waals surface area (Å²) in [6.45, 7) is 0.300. The van der Waals surface area contributed by atoms with Gasteiger partial charge in [0.15, 0.2) is 0 Å². The Morgan fingerprint density at radius 1 is 0.962 bits per heavy atom. The normalized spacial score (nSPS) is 14.3. The number of nitrogens with zero attached hydrogens (tertiary/aromatic N) is 3. The van der Waals surface area contributed by atoms with Crippen LogP contribution in [0.4, 0.5) is 30.4 Å². The van der Waals surface area contributed by atoms with Gasteiger partial charge in [0.1, 0.15) is 5.70 Å². The minimum atomic E-state index is -6.00. The van der Waals surface area contributed by atoms with E-state index in [0.717, 1.165) is 11.7 Å². The van der Waals surface area contributed by atoms with Gasteiger partial charge >= 0.3 is 13.4 Å². The second kappa shape index (κ2) is 8.77. The number of aromatic nitrogens is 1. The first-order chi connectivity index (χ1) is 11.9. The first-order valence-electron chi connectivity index (χ1n) is 7.25. The number of allylic oxidation sites excluding steroid dienone is 1. The van der Waals surface area contributed by atoms with Gasteiger partial charge in [0, 0.05) is 31.9 Å². The predicted molar refractivity (Wildman–Crippen MR) is 86.5 cm³/mol. The highest BCUT2D eigenvalue weighted by Gasteiger charge is 2.39. The number of fused-ring (bicyclic) bond motifs is 1. The van der Waals surface area contributed by atoms with Crippen molar-refractivity contribution in [2.75, 3.05) is 20.8 Å². The zero-order valence-corrected chi connectivity index (χ0v) is 13.9. The number of hydrogen-bond acceptors (Lipinski definition) is 3. The SMILES string of the molecule is CN1C=C(C(F)(F)F)N(C)C1.F[B-](F)(F)F.c1ccc2ncccc2c1. The molecular weight excluding hydrogens is 366 g/mol. The number of para-hydroxylation sites is 1. The van der Waals surface area contributed by atoms with E-state index in [2.05, 4.69) is 17.1 Å². The van der Waals surface area contributed by atoms with Crippen LogP contribution in [-0.2, 0) is 0 Å². The molecule has 3 rings (SSSR count). The molecule has 0 N–H and O–H groups in total. The van der Waals surface area contributed by atoms with Crippen LogP contribution in [-0.4, -0.2) is 49.0 Å². The summed E-state index contributed by atoms with van der Waals surface area (Å²) in [6.07, 6.45) is -1.32. The maximum absolute atomic E-state index is 12.0. The number of halogens is 7. The van der Waals surface area contributed by atoms with Gasteiger partial charge < -0.3 is 27.1 Å². The zero-order valence-electron chi connectivity index (χ0n) is 13.9. The third kappa shape index (κ3) is 8.08. The molecule has 11 heteroatoms. The minimum Gasteiger partial charge on any atom is -0.418 e. The molecule has 0 fully saturated rings. The lowest BCUT2D eigenvalue weighted by Gasteiger charge is -2.17. The molecule has 2 heterocycles. The second-order valence-corrected chi connectivity index (χ2v) is 5.30. The van der Waals surface area contributed by atoms with E-state index in [-0.39, 0.29) is 0 Å². The van der Waals surface area contributed by atoms with Gasteiger partial charge in [0.25, 0.3) is 0 Å². The molecule has 0 spiro atoms. The predicted octanol–water partition coefficient (Wildman–Crippen LogP) is 4.76. The summed E-state index contributed by atoms with van der Waals surface area (Å²) in [5, 5.41) is 1.20. The van der Waals surface area contributed by atoms with E-state index in [1.807, 2.05) is 30.5 Å². The molecule has 0 bridgehead atoms. The van der Waals surface area contributed by atoms with E-state index in [9.17, 15) is 30.4 Å². The topological polar surface area (TPSA) is 19.4 Å². The van der Waals surface area contributed by atoms with Crippen LogP contribution in [0, 0.1) is 0 Å². The van der Waals surface area contributed by atoms with Gasteiger partial charge in [-0.2, -0.15) is 13.2 Å². The number of pyridine rings is 1. The first kappa shape index (κ1) is 21.6. The van der Waals surface area contributed by atoms with Crippen molar-refractivity contribution in [3.8, 4) is 0 Å². The third-order valence-electron chi connectivity index (χ3n) is 2.99. The van der Waals surface area contributed by atoms with Gasteiger partial charge in [0.05, 0.1) is 12.2 Å². The van der Waals surface area contributed by atoms with Crippen LogP contribution in [0.25, 0.3) is 10.9 Å². The Kier molecular flexibility index (Phi) is 7.28. The molecule has 1 aromatic heterocycles. The van der Waals surface area contributed by atoms with E-state index in [0.29, 0.717) is 6.67 Å². The van der Waals surface area contributed by atoms with Gasteiger partial charge in [-0.25, -0.2) is 0 Å². The molecule has 2 aromatic rings. The van der Waals surface area contributed by atoms with Crippen molar-refractivity contribution in [2.24, 2.45) is 0 Å². The van der Waals surface area contributed by atoms with E-state index < -0.39 is 19.1 Å². The molecule has 0 saturated heterocycles. The maximum atomic E-state index is 12.0. The number of hydrogen-bond donors (Lipinski definition) is 0. The second-order valence-electron chi connectivity index (χ2n) is 5.30. The van der Waals surface area contributed by atoms with Crippen LogP contribution < -0.4 is 0 Å². The summed E-state index contributed by atoms with van der Waals surface area (Å²) in [7, 11) is -2.97. The van der Waals surface area contributed by atoms with Gasteiger partial charge in [-0.1, -0.05) is 24.3 Å². The van der Waals surface area contributed by atoms with Gasteiger partial charge in [-0.15, -0.1) is 0 Å². The summed E-state index contributed by atoms with van der Waals surface area (Å²) in [6, 6.07) is 12.1. The monoisotopic (exact) mass is 382 g/mol. The maximum Gasteiger partial charge on any atom is 0.673 e. The van der Waals surface area contributed by atoms with Crippen molar-refractivity contribution in [2.45, 2.75) is 6.18 Å². The van der Waals surface area contributed by atoms with Crippen LogP contribution in [0.5, 0.6) is 0 Å². The Morgan fingerprint density at radius 2 is 1.50 bits per heavy atom. The van der Waals surface area contributed by atoms with Crippen molar-refractivity contribution in [3.05, 3.63) is 54.5 Å². The molecule has 0 aliphatic carbocycles. The molecule has 0 unspecified atom stereocenters. The molecule has 0 radical (unpaired) electrons. The minimum absolute atomic E-state index is 0.300. The van der Waals surface area contributed by atoms with E-state index in [4.69, 9.17) is 0 Å². The van der Waals surface area contributed by atoms with Crippen LogP contribution in [0.2, 0.25) is 0 Å². The molecule has 1 aromatic carbocycles. The summed E-state index contributed by atoms with van der Waals surface area (Å²) in [4.78, 5) is 6.84. The number of alkyl halides is 3. The highest BCUT2D eigenvalue weighted by Crippen LogP contribution is 2.30. The average Bonchev–Trinajstić information content (AvgIpc) is 2.85. The molecule has 0 saturated carbocycles. The van der Waals surface area contributed by atoms with Crippen LogP contribution in [0.15, 0.2) is 54.5 Å². The quantitative estimate of drug-likeness (QED) is 0.484. The lowest BCUT2D eigenvalue weighted by Crippen LogP contribution is -2.26. The number of benzene rings is 1. The van der Waals surface area contributed by atoms with E-state index in [1.165, 1.54) is 22.2 Å². The summed E-state index contributed by atoms with van der Waals surface area (Å²) in [5.74, 6) is 0. The third-order valence-corrected chi connectivity index (χ3v) is 2.99. The Balaban J connectivity index is 0.000000209. The summed E-state index contributed by atoms with van der Waals surface area (Å²) >= 11 is 0. The molecule has 26 heavy (non-hydrogen) atoms. The van der Waals surface area contributed by atoms with Gasteiger partial charge in [0.2, 0.25) is 0 Å². The molecule has 3 nitrogen and oxygen atoms in total. The Bertz CT molecular complexity index is 659. The van der Waals surface area contributed by atoms with Gasteiger partial charge in [-0.05, 0) is 12.1 Å². The lowest BCUT2D eigenvalue weighted by atomic mass is 10.2. The Hall–Kier alpha value is -2.46. The Morgan fingerprint density at radius 3 is 1.92 bits per heavy atom. The molecule has 0 amide bonds. The van der Waals surface area contributed by atoms with Crippen molar-refractivity contribution < 1.29 is 30.4 Å². The standard InChI is InChI=1S/C9H7N.C6H9F3N2.BF4/c1-2-6-9-8(4-1)5-3-7-10-9;1-10-3-5(6(7,8)9)11(2)4-10;2-1(3,4)5/h1-7H;3H,4H2,1-2H3;/q;;-1. The van der Waals surface area contributed by atoms with Crippen molar-refractivity contribution in [3.63, 3.8) is 0 Å². The van der Waals surface area contributed by atoms with E-state index >= 15 is 0 Å². The highest BCUT2D eigenvalue weighted by molar-refractivity contribution is 6.50. The number of rotatable bonds is 0. The molecular formula is C15H16BF7N3-. The summed E-state index contributed by atoms with van der Waals surface area (Å²) in [5.41, 5.74) is 0.477. The summed E-state index contributed by atoms with van der Waals surface area (Å²) < 4.78 is 75.1. The fraction of sp³-hybridized carbons (Fsp3) is 0.267. The van der Waals surface area contributed by atoms with Gasteiger partial charge in [-0.3, -0.25) is 4.98 Å². The highest BCUT2D eigenvalue weighted by atomic mass is 19.5. The lowest BCUT2D eigenvalue weighted by molar-refractivity contribution is -0.107.